The number of hydrogen-bond donors (Lipinski definition) is 6. The lowest BCUT2D eigenvalue weighted by Gasteiger charge is -2.40. The number of allylic oxidation sites excluding steroid dienone is 1. The number of carbonyl (C=O) groups is 1. The Labute approximate surface area is 420 Å². The van der Waals surface area contributed by atoms with E-state index in [0.29, 0.717) is 6.42 Å². The van der Waals surface area contributed by atoms with Crippen molar-refractivity contribution in [3.63, 3.8) is 0 Å². The SMILES string of the molecule is CCCCCCCCCCCCCCCCC/C=C/C(O)C(COC1OC(CO)C(O)C(O)C1O)NC(=O)CCCCCCCCCCCCCCCCCCCCCCCCCCCCCC. The van der Waals surface area contributed by atoms with Gasteiger partial charge in [0.05, 0.1) is 25.4 Å². The summed E-state index contributed by atoms with van der Waals surface area (Å²) < 4.78 is 11.3. The van der Waals surface area contributed by atoms with Crippen LogP contribution in [0.2, 0.25) is 0 Å². The average molecular weight is 967 g/mol. The first-order chi connectivity index (χ1) is 33.3. The third-order valence-corrected chi connectivity index (χ3v) is 14.6. The fourth-order valence-corrected chi connectivity index (χ4v) is 9.87. The van der Waals surface area contributed by atoms with Crippen LogP contribution in [0.4, 0.5) is 0 Å². The second kappa shape index (κ2) is 49.5. The first kappa shape index (κ1) is 64.9. The summed E-state index contributed by atoms with van der Waals surface area (Å²) in [6, 6.07) is -0.800. The Balaban J connectivity index is 2.16. The van der Waals surface area contributed by atoms with Crippen molar-refractivity contribution >= 4 is 5.91 Å². The van der Waals surface area contributed by atoms with Gasteiger partial charge in [-0.3, -0.25) is 4.79 Å². The summed E-state index contributed by atoms with van der Waals surface area (Å²) in [5.74, 6) is -0.169. The van der Waals surface area contributed by atoms with Gasteiger partial charge in [0.25, 0.3) is 0 Å². The molecule has 0 aliphatic carbocycles. The molecule has 1 aliphatic rings. The molecule has 0 aromatic rings. The minimum absolute atomic E-state index is 0.169. The van der Waals surface area contributed by atoms with Crippen LogP contribution < -0.4 is 5.32 Å². The number of nitrogens with one attached hydrogen (secondary N) is 1. The molecule has 7 atom stereocenters. The maximum Gasteiger partial charge on any atom is 0.220 e. The molecule has 9 heteroatoms. The molecular formula is C59H115NO8. The van der Waals surface area contributed by atoms with Gasteiger partial charge in [-0.2, -0.15) is 0 Å². The maximum atomic E-state index is 13.1. The van der Waals surface area contributed by atoms with Gasteiger partial charge in [0, 0.05) is 6.42 Å². The summed E-state index contributed by atoms with van der Waals surface area (Å²) in [5, 5.41) is 54.5. The van der Waals surface area contributed by atoms with Crippen LogP contribution in [-0.2, 0) is 14.3 Å². The van der Waals surface area contributed by atoms with Crippen LogP contribution in [-0.4, -0.2) is 87.5 Å². The Kier molecular flexibility index (Phi) is 47.3. The zero-order chi connectivity index (χ0) is 49.4. The van der Waals surface area contributed by atoms with E-state index in [1.165, 1.54) is 244 Å². The molecule has 9 nitrogen and oxygen atoms in total. The van der Waals surface area contributed by atoms with E-state index in [9.17, 15) is 30.3 Å². The van der Waals surface area contributed by atoms with Gasteiger partial charge in [-0.15, -0.1) is 0 Å². The number of carbonyl (C=O) groups excluding carboxylic acids is 1. The smallest absolute Gasteiger partial charge is 0.220 e. The molecule has 0 saturated carbocycles. The van der Waals surface area contributed by atoms with Crippen LogP contribution in [0.25, 0.3) is 0 Å². The van der Waals surface area contributed by atoms with E-state index in [2.05, 4.69) is 19.2 Å². The van der Waals surface area contributed by atoms with Gasteiger partial charge in [-0.1, -0.05) is 289 Å². The fourth-order valence-electron chi connectivity index (χ4n) is 9.87. The molecule has 0 aromatic carbocycles. The standard InChI is InChI=1S/C59H115NO8/c1-3-5-7-9-11-13-15-17-19-21-22-23-24-25-26-27-28-29-30-31-33-35-37-39-41-43-45-47-49-55(63)60-52(51-67-59-58(66)57(65)56(64)54(50-61)68-59)53(62)48-46-44-42-40-38-36-34-32-20-18-16-14-12-10-8-6-4-2/h46,48,52-54,56-59,61-62,64-66H,3-45,47,49-51H2,1-2H3,(H,60,63)/b48-46+. The number of rotatable bonds is 52. The molecule has 1 aliphatic heterocycles. The van der Waals surface area contributed by atoms with Crippen LogP contribution in [0.1, 0.15) is 303 Å². The van der Waals surface area contributed by atoms with Crippen LogP contribution in [0.5, 0.6) is 0 Å². The molecule has 0 radical (unpaired) electrons. The Bertz CT molecular complexity index is 1080. The molecule has 404 valence electrons. The quantitative estimate of drug-likeness (QED) is 0.0261. The van der Waals surface area contributed by atoms with Crippen molar-refractivity contribution in [3.05, 3.63) is 12.2 Å². The zero-order valence-electron chi connectivity index (χ0n) is 44.9. The predicted molar refractivity (Wildman–Crippen MR) is 286 cm³/mol. The van der Waals surface area contributed by atoms with E-state index < -0.39 is 49.5 Å². The summed E-state index contributed by atoms with van der Waals surface area (Å²) in [7, 11) is 0. The van der Waals surface area contributed by atoms with Gasteiger partial charge in [0.2, 0.25) is 5.91 Å². The van der Waals surface area contributed by atoms with Crippen molar-refractivity contribution in [3.8, 4) is 0 Å². The predicted octanol–water partition coefficient (Wildman–Crippen LogP) is 14.8. The summed E-state index contributed by atoms with van der Waals surface area (Å²) in [4.78, 5) is 13.1. The Hall–Kier alpha value is -1.07. The second-order valence-electron chi connectivity index (χ2n) is 21.2. The van der Waals surface area contributed by atoms with E-state index in [4.69, 9.17) is 9.47 Å². The lowest BCUT2D eigenvalue weighted by Crippen LogP contribution is -2.60. The van der Waals surface area contributed by atoms with Crippen molar-refractivity contribution in [2.75, 3.05) is 13.2 Å². The molecule has 7 unspecified atom stereocenters. The Morgan fingerprint density at radius 1 is 0.485 bits per heavy atom. The maximum absolute atomic E-state index is 13.1. The highest BCUT2D eigenvalue weighted by atomic mass is 16.7. The molecule has 6 N–H and O–H groups in total. The summed E-state index contributed by atoms with van der Waals surface area (Å²) >= 11 is 0. The minimum atomic E-state index is -1.56. The Morgan fingerprint density at radius 2 is 0.809 bits per heavy atom. The number of unbranched alkanes of at least 4 members (excludes halogenated alkanes) is 42. The van der Waals surface area contributed by atoms with E-state index in [1.807, 2.05) is 6.08 Å². The Morgan fingerprint density at radius 3 is 1.15 bits per heavy atom. The highest BCUT2D eigenvalue weighted by Crippen LogP contribution is 2.23. The molecule has 1 heterocycles. The van der Waals surface area contributed by atoms with Crippen molar-refractivity contribution in [1.29, 1.82) is 0 Å². The first-order valence-electron chi connectivity index (χ1n) is 29.9. The van der Waals surface area contributed by atoms with E-state index in [0.717, 1.165) is 38.5 Å². The van der Waals surface area contributed by atoms with Gasteiger partial charge < -0.3 is 40.3 Å². The average Bonchev–Trinajstić information content (AvgIpc) is 3.34. The lowest BCUT2D eigenvalue weighted by atomic mass is 9.99. The largest absolute Gasteiger partial charge is 0.394 e. The van der Waals surface area contributed by atoms with Crippen molar-refractivity contribution in [2.24, 2.45) is 0 Å². The first-order valence-corrected chi connectivity index (χ1v) is 29.9. The minimum Gasteiger partial charge on any atom is -0.394 e. The van der Waals surface area contributed by atoms with Gasteiger partial charge in [-0.25, -0.2) is 0 Å². The normalized spacial score (nSPS) is 19.5. The molecule has 1 amide bonds. The zero-order valence-corrected chi connectivity index (χ0v) is 44.9. The van der Waals surface area contributed by atoms with Gasteiger partial charge in [0.15, 0.2) is 6.29 Å². The van der Waals surface area contributed by atoms with Crippen LogP contribution in [0.3, 0.4) is 0 Å². The summed E-state index contributed by atoms with van der Waals surface area (Å²) in [6.45, 7) is 3.82. The van der Waals surface area contributed by atoms with Gasteiger partial charge in [-0.05, 0) is 19.3 Å². The number of aliphatic hydroxyl groups excluding tert-OH is 5. The topological polar surface area (TPSA) is 149 Å². The monoisotopic (exact) mass is 966 g/mol. The molecule has 0 aromatic heterocycles. The molecule has 68 heavy (non-hydrogen) atoms. The highest BCUT2D eigenvalue weighted by Gasteiger charge is 2.44. The van der Waals surface area contributed by atoms with E-state index in [-0.39, 0.29) is 12.5 Å². The third-order valence-electron chi connectivity index (χ3n) is 14.6. The highest BCUT2D eigenvalue weighted by molar-refractivity contribution is 5.76. The van der Waals surface area contributed by atoms with Crippen LogP contribution in [0, 0.1) is 0 Å². The molecule has 1 fully saturated rings. The van der Waals surface area contributed by atoms with E-state index >= 15 is 0 Å². The van der Waals surface area contributed by atoms with Gasteiger partial charge >= 0.3 is 0 Å². The number of aliphatic hydroxyl groups is 5. The van der Waals surface area contributed by atoms with Gasteiger partial charge in [0.1, 0.15) is 24.4 Å². The summed E-state index contributed by atoms with van der Waals surface area (Å²) in [6.07, 6.45) is 54.3. The lowest BCUT2D eigenvalue weighted by molar-refractivity contribution is -0.302. The van der Waals surface area contributed by atoms with Crippen molar-refractivity contribution in [1.82, 2.24) is 5.32 Å². The number of hydrogen-bond acceptors (Lipinski definition) is 8. The molecule has 0 bridgehead atoms. The molecule has 1 saturated heterocycles. The summed E-state index contributed by atoms with van der Waals surface area (Å²) in [5.41, 5.74) is 0. The molecule has 1 rings (SSSR count). The van der Waals surface area contributed by atoms with Crippen LogP contribution in [0.15, 0.2) is 12.2 Å². The van der Waals surface area contributed by atoms with E-state index in [1.54, 1.807) is 6.08 Å². The molecule has 0 spiro atoms. The fraction of sp³-hybridized carbons (Fsp3) is 0.949. The third kappa shape index (κ3) is 38.6. The second-order valence-corrected chi connectivity index (χ2v) is 21.2. The number of amides is 1. The molecular weight excluding hydrogens is 851 g/mol. The van der Waals surface area contributed by atoms with Crippen LogP contribution >= 0.6 is 0 Å². The van der Waals surface area contributed by atoms with Crippen molar-refractivity contribution in [2.45, 2.75) is 346 Å². The number of ether oxygens (including phenoxy) is 2. The van der Waals surface area contributed by atoms with Crippen molar-refractivity contribution < 1.29 is 39.8 Å².